The SMILES string of the molecule is COc1ccc(CN=Nc2ncnc3c(C)c(-c4ccccc4OCc4ccccc4)sc23)cc1O. The Morgan fingerprint density at radius 3 is 2.53 bits per heavy atom. The van der Waals surface area contributed by atoms with Crippen molar-refractivity contribution >= 4 is 27.4 Å². The van der Waals surface area contributed by atoms with Crippen LogP contribution in [0.15, 0.2) is 89.4 Å². The van der Waals surface area contributed by atoms with Gasteiger partial charge in [-0.1, -0.05) is 48.5 Å². The molecule has 0 unspecified atom stereocenters. The maximum Gasteiger partial charge on any atom is 0.195 e. The fraction of sp³-hybridized carbons (Fsp3) is 0.143. The predicted molar refractivity (Wildman–Crippen MR) is 141 cm³/mol. The highest BCUT2D eigenvalue weighted by Gasteiger charge is 2.18. The fourth-order valence-corrected chi connectivity index (χ4v) is 5.09. The number of para-hydroxylation sites is 1. The first kappa shape index (κ1) is 23.4. The van der Waals surface area contributed by atoms with Crippen molar-refractivity contribution in [2.24, 2.45) is 10.2 Å². The number of phenols is 1. The van der Waals surface area contributed by atoms with Crippen LogP contribution in [-0.2, 0) is 13.2 Å². The summed E-state index contributed by atoms with van der Waals surface area (Å²) in [6, 6.07) is 23.3. The largest absolute Gasteiger partial charge is 0.504 e. The molecule has 8 heteroatoms. The summed E-state index contributed by atoms with van der Waals surface area (Å²) in [7, 11) is 1.51. The summed E-state index contributed by atoms with van der Waals surface area (Å²) in [6.45, 7) is 2.84. The van der Waals surface area contributed by atoms with Crippen LogP contribution in [-0.4, -0.2) is 22.2 Å². The van der Waals surface area contributed by atoms with Gasteiger partial charge in [0.05, 0.1) is 19.2 Å². The van der Waals surface area contributed by atoms with Crippen LogP contribution in [0.2, 0.25) is 0 Å². The van der Waals surface area contributed by atoms with Crippen molar-refractivity contribution in [1.29, 1.82) is 0 Å². The van der Waals surface area contributed by atoms with Crippen LogP contribution in [0, 0.1) is 6.92 Å². The molecule has 0 saturated heterocycles. The normalized spacial score (nSPS) is 11.3. The summed E-state index contributed by atoms with van der Waals surface area (Å²) in [4.78, 5) is 9.95. The molecule has 2 heterocycles. The number of aryl methyl sites for hydroxylation is 1. The number of methoxy groups -OCH3 is 1. The molecular weight excluding hydrogens is 472 g/mol. The molecule has 0 aliphatic carbocycles. The zero-order chi connectivity index (χ0) is 24.9. The number of aromatic nitrogens is 2. The number of hydrogen-bond donors (Lipinski definition) is 1. The number of aromatic hydroxyl groups is 1. The average molecular weight is 497 g/mol. The molecule has 0 radical (unpaired) electrons. The zero-order valence-corrected chi connectivity index (χ0v) is 20.7. The topological polar surface area (TPSA) is 89.2 Å². The molecule has 0 saturated carbocycles. The smallest absolute Gasteiger partial charge is 0.195 e. The highest BCUT2D eigenvalue weighted by atomic mass is 32.1. The van der Waals surface area contributed by atoms with Gasteiger partial charge in [-0.25, -0.2) is 9.97 Å². The van der Waals surface area contributed by atoms with Crippen LogP contribution in [0.4, 0.5) is 5.82 Å². The van der Waals surface area contributed by atoms with Gasteiger partial charge >= 0.3 is 0 Å². The molecule has 180 valence electrons. The molecule has 0 bridgehead atoms. The molecular formula is C28H24N4O3S. The number of hydrogen-bond acceptors (Lipinski definition) is 8. The number of benzene rings is 3. The van der Waals surface area contributed by atoms with Crippen LogP contribution in [0.25, 0.3) is 20.7 Å². The molecule has 0 amide bonds. The van der Waals surface area contributed by atoms with Crippen LogP contribution in [0.1, 0.15) is 16.7 Å². The third kappa shape index (κ3) is 4.89. The minimum Gasteiger partial charge on any atom is -0.504 e. The van der Waals surface area contributed by atoms with Crippen molar-refractivity contribution in [1.82, 2.24) is 9.97 Å². The van der Waals surface area contributed by atoms with Gasteiger partial charge in [-0.15, -0.1) is 16.5 Å². The van der Waals surface area contributed by atoms with E-state index in [1.165, 1.54) is 13.4 Å². The lowest BCUT2D eigenvalue weighted by atomic mass is 10.1. The Balaban J connectivity index is 1.43. The maximum absolute atomic E-state index is 9.99. The predicted octanol–water partition coefficient (Wildman–Crippen LogP) is 7.24. The van der Waals surface area contributed by atoms with E-state index in [0.717, 1.165) is 43.1 Å². The monoisotopic (exact) mass is 496 g/mol. The van der Waals surface area contributed by atoms with Gasteiger partial charge in [0.2, 0.25) is 0 Å². The molecule has 3 aromatic carbocycles. The van der Waals surface area contributed by atoms with Gasteiger partial charge in [0.1, 0.15) is 23.4 Å². The van der Waals surface area contributed by atoms with E-state index in [1.54, 1.807) is 23.5 Å². The average Bonchev–Trinajstić information content (AvgIpc) is 3.25. The van der Waals surface area contributed by atoms with Crippen LogP contribution >= 0.6 is 11.3 Å². The van der Waals surface area contributed by atoms with E-state index >= 15 is 0 Å². The standard InChI is InChI=1S/C28H24N4O3S/c1-18-25-27(28(30-17-29-25)32-31-15-20-12-13-24(34-2)22(33)14-20)36-26(18)21-10-6-7-11-23(21)35-16-19-8-4-3-5-9-19/h3-14,17,33H,15-16H2,1-2H3. The Labute approximate surface area is 212 Å². The van der Waals surface area contributed by atoms with E-state index in [1.807, 2.05) is 54.6 Å². The van der Waals surface area contributed by atoms with E-state index < -0.39 is 0 Å². The molecule has 0 atom stereocenters. The lowest BCUT2D eigenvalue weighted by Crippen LogP contribution is -1.96. The van der Waals surface area contributed by atoms with E-state index in [4.69, 9.17) is 9.47 Å². The van der Waals surface area contributed by atoms with Crippen molar-refractivity contribution in [3.8, 4) is 27.7 Å². The van der Waals surface area contributed by atoms with E-state index in [0.29, 0.717) is 24.7 Å². The molecule has 2 aromatic heterocycles. The molecule has 36 heavy (non-hydrogen) atoms. The second kappa shape index (κ2) is 10.5. The second-order valence-electron chi connectivity index (χ2n) is 8.11. The van der Waals surface area contributed by atoms with Crippen molar-refractivity contribution in [2.45, 2.75) is 20.1 Å². The van der Waals surface area contributed by atoms with E-state index in [-0.39, 0.29) is 5.75 Å². The van der Waals surface area contributed by atoms with Gasteiger partial charge < -0.3 is 14.6 Å². The second-order valence-corrected chi connectivity index (χ2v) is 9.13. The highest BCUT2D eigenvalue weighted by Crippen LogP contribution is 2.43. The first-order chi connectivity index (χ1) is 17.6. The lowest BCUT2D eigenvalue weighted by molar-refractivity contribution is 0.307. The Bertz CT molecular complexity index is 1530. The molecule has 0 aliphatic rings. The summed E-state index contributed by atoms with van der Waals surface area (Å²) in [5.74, 6) is 1.82. The minimum absolute atomic E-state index is 0.0706. The molecule has 1 N–H and O–H groups in total. The number of thiophene rings is 1. The Kier molecular flexibility index (Phi) is 6.86. The van der Waals surface area contributed by atoms with Gasteiger partial charge in [0, 0.05) is 10.4 Å². The quantitative estimate of drug-likeness (QED) is 0.229. The van der Waals surface area contributed by atoms with Gasteiger partial charge in [-0.2, -0.15) is 5.11 Å². The number of azo groups is 1. The van der Waals surface area contributed by atoms with Crippen molar-refractivity contribution in [3.05, 3.63) is 95.8 Å². The Hall–Kier alpha value is -4.30. The van der Waals surface area contributed by atoms with Crippen molar-refractivity contribution < 1.29 is 14.6 Å². The van der Waals surface area contributed by atoms with Crippen LogP contribution in [0.5, 0.6) is 17.2 Å². The van der Waals surface area contributed by atoms with Crippen LogP contribution < -0.4 is 9.47 Å². The summed E-state index contributed by atoms with van der Waals surface area (Å²) >= 11 is 1.58. The number of rotatable bonds is 8. The van der Waals surface area contributed by atoms with Crippen molar-refractivity contribution in [3.63, 3.8) is 0 Å². The highest BCUT2D eigenvalue weighted by molar-refractivity contribution is 7.23. The van der Waals surface area contributed by atoms with Gasteiger partial charge in [-0.3, -0.25) is 0 Å². The first-order valence-electron chi connectivity index (χ1n) is 11.4. The van der Waals surface area contributed by atoms with E-state index in [9.17, 15) is 5.11 Å². The van der Waals surface area contributed by atoms with Gasteiger partial charge in [-0.05, 0) is 47.9 Å². The van der Waals surface area contributed by atoms with Gasteiger partial charge in [0.25, 0.3) is 0 Å². The zero-order valence-electron chi connectivity index (χ0n) is 19.9. The molecule has 0 fully saturated rings. The van der Waals surface area contributed by atoms with Crippen LogP contribution in [0.3, 0.4) is 0 Å². The van der Waals surface area contributed by atoms with Crippen molar-refractivity contribution in [2.75, 3.05) is 7.11 Å². The number of fused-ring (bicyclic) bond motifs is 1. The number of nitrogens with zero attached hydrogens (tertiary/aromatic N) is 4. The minimum atomic E-state index is 0.0706. The fourth-order valence-electron chi connectivity index (χ4n) is 3.87. The third-order valence-corrected chi connectivity index (χ3v) is 7.03. The molecule has 5 rings (SSSR count). The summed E-state index contributed by atoms with van der Waals surface area (Å²) in [5.41, 5.74) is 4.82. The van der Waals surface area contributed by atoms with E-state index in [2.05, 4.69) is 33.2 Å². The van der Waals surface area contributed by atoms with Gasteiger partial charge in [0.15, 0.2) is 17.3 Å². The maximum atomic E-state index is 9.99. The summed E-state index contributed by atoms with van der Waals surface area (Å²) in [5, 5.41) is 18.7. The molecule has 0 spiro atoms. The first-order valence-corrected chi connectivity index (χ1v) is 12.2. The number of phenolic OH excluding ortho intramolecular Hbond substituents is 1. The summed E-state index contributed by atoms with van der Waals surface area (Å²) < 4.78 is 12.2. The molecule has 7 nitrogen and oxygen atoms in total. The molecule has 5 aromatic rings. The summed E-state index contributed by atoms with van der Waals surface area (Å²) in [6.07, 6.45) is 1.51. The number of ether oxygens (including phenoxy) is 2. The lowest BCUT2D eigenvalue weighted by Gasteiger charge is -2.11. The Morgan fingerprint density at radius 1 is 0.917 bits per heavy atom. The Morgan fingerprint density at radius 2 is 1.72 bits per heavy atom. The molecule has 0 aliphatic heterocycles. The third-order valence-electron chi connectivity index (χ3n) is 5.72.